The molecule has 1 aromatic rings. The van der Waals surface area contributed by atoms with Gasteiger partial charge in [-0.05, 0) is 14.1 Å². The van der Waals surface area contributed by atoms with Crippen LogP contribution in [0.1, 0.15) is 0 Å². The van der Waals surface area contributed by atoms with Crippen molar-refractivity contribution in [2.45, 2.75) is 0 Å². The summed E-state index contributed by atoms with van der Waals surface area (Å²) in [5.41, 5.74) is 0. The number of hydrogen-bond donors (Lipinski definition) is 2. The predicted octanol–water partition coefficient (Wildman–Crippen LogP) is -0.584. The van der Waals surface area contributed by atoms with Crippen LogP contribution in [0.25, 0.3) is 0 Å². The lowest BCUT2D eigenvalue weighted by Crippen LogP contribution is -2.29. The molecule has 14 heavy (non-hydrogen) atoms. The van der Waals surface area contributed by atoms with Crippen molar-refractivity contribution in [1.82, 2.24) is 9.63 Å². The van der Waals surface area contributed by atoms with Gasteiger partial charge in [-0.2, -0.15) is 0 Å². The number of hydrogen-bond acceptors (Lipinski definition) is 5. The highest BCUT2D eigenvalue weighted by molar-refractivity contribution is 5.72. The van der Waals surface area contributed by atoms with E-state index in [-0.39, 0.29) is 18.3 Å². The molecule has 0 bridgehead atoms. The lowest BCUT2D eigenvalue weighted by Gasteiger charge is -2.10. The summed E-state index contributed by atoms with van der Waals surface area (Å²) in [6.45, 7) is 0.0665. The Morgan fingerprint density at radius 2 is 1.93 bits per heavy atom. The fourth-order valence-electron chi connectivity index (χ4n) is 0.884. The van der Waals surface area contributed by atoms with Crippen LogP contribution in [0.5, 0.6) is 11.8 Å². The van der Waals surface area contributed by atoms with Gasteiger partial charge in [0.2, 0.25) is 11.8 Å². The van der Waals surface area contributed by atoms with Crippen molar-refractivity contribution < 1.29 is 19.8 Å². The molecule has 2 N–H and O–H groups in total. The Morgan fingerprint density at radius 1 is 1.43 bits per heavy atom. The predicted molar refractivity (Wildman–Crippen MR) is 47.9 cm³/mol. The molecule has 78 valence electrons. The van der Waals surface area contributed by atoms with E-state index in [0.29, 0.717) is 4.73 Å². The van der Waals surface area contributed by atoms with Gasteiger partial charge in [-0.25, -0.2) is 4.79 Å². The van der Waals surface area contributed by atoms with E-state index in [2.05, 4.69) is 4.84 Å². The number of nitrogens with zero attached hydrogens (tertiary/aromatic N) is 2. The van der Waals surface area contributed by atoms with E-state index in [0.717, 1.165) is 0 Å². The highest BCUT2D eigenvalue weighted by Crippen LogP contribution is 2.18. The summed E-state index contributed by atoms with van der Waals surface area (Å²) in [4.78, 5) is 17.4. The fraction of sp³-hybridized carbons (Fsp3) is 0.375. The van der Waals surface area contributed by atoms with E-state index in [1.165, 1.54) is 12.1 Å². The summed E-state index contributed by atoms with van der Waals surface area (Å²) in [5, 5.41) is 18.3. The summed E-state index contributed by atoms with van der Waals surface area (Å²) >= 11 is 0. The maximum Gasteiger partial charge on any atom is 0.347 e. The first kappa shape index (κ1) is 10.4. The highest BCUT2D eigenvalue weighted by atomic mass is 16.8. The first-order chi connectivity index (χ1) is 6.50. The molecule has 0 saturated carbocycles. The van der Waals surface area contributed by atoms with Crippen LogP contribution in [-0.2, 0) is 4.79 Å². The quantitative estimate of drug-likeness (QED) is 0.510. The number of likely N-dealkylation sites (N-methyl/N-ethyl adjacent to an activating group) is 1. The summed E-state index contributed by atoms with van der Waals surface area (Å²) in [7, 11) is 3.41. The summed E-state index contributed by atoms with van der Waals surface area (Å²) in [6, 6.07) is 2.44. The largest absolute Gasteiger partial charge is 0.492 e. The zero-order valence-electron chi connectivity index (χ0n) is 7.97. The van der Waals surface area contributed by atoms with Gasteiger partial charge in [-0.1, -0.05) is 0 Å². The van der Waals surface area contributed by atoms with Crippen LogP contribution >= 0.6 is 0 Å². The molecule has 0 amide bonds. The van der Waals surface area contributed by atoms with Crippen molar-refractivity contribution in [2.24, 2.45) is 0 Å². The van der Waals surface area contributed by atoms with Crippen molar-refractivity contribution >= 4 is 5.97 Å². The van der Waals surface area contributed by atoms with Gasteiger partial charge >= 0.3 is 5.97 Å². The molecule has 0 fully saturated rings. The lowest BCUT2D eigenvalue weighted by molar-refractivity contribution is -0.146. The molecule has 1 aromatic heterocycles. The zero-order chi connectivity index (χ0) is 10.7. The molecule has 0 radical (unpaired) electrons. The Morgan fingerprint density at radius 3 is 2.36 bits per heavy atom. The number of aromatic nitrogens is 1. The van der Waals surface area contributed by atoms with Crippen molar-refractivity contribution in [1.29, 1.82) is 0 Å². The van der Waals surface area contributed by atoms with Crippen LogP contribution < -0.4 is 4.84 Å². The third-order valence-corrected chi connectivity index (χ3v) is 1.44. The minimum absolute atomic E-state index is 0.0665. The molecular formula is C8H12N2O4. The van der Waals surface area contributed by atoms with E-state index < -0.39 is 5.97 Å². The SMILES string of the molecule is [13CH3][15N]([13CH3])[13CH2][13C](=O)On1c(O)ccc1O. The molecule has 0 spiro atoms. The molecule has 1 rings (SSSR count). The smallest absolute Gasteiger partial charge is 0.347 e. The van der Waals surface area contributed by atoms with Crippen LogP contribution in [0.15, 0.2) is 12.1 Å². The van der Waals surface area contributed by atoms with Gasteiger partial charge < -0.3 is 15.1 Å². The summed E-state index contributed by atoms with van der Waals surface area (Å²) in [5.74, 6) is -1.22. The first-order valence-corrected chi connectivity index (χ1v) is 3.96. The minimum atomic E-state index is -0.572. The number of rotatable bonds is 3. The maximum atomic E-state index is 11.1. The fourth-order valence-corrected chi connectivity index (χ4v) is 0.884. The van der Waals surface area contributed by atoms with Crippen LogP contribution in [-0.4, -0.2) is 46.5 Å². The van der Waals surface area contributed by atoms with E-state index in [1.807, 2.05) is 0 Å². The second-order valence-electron chi connectivity index (χ2n) is 3.05. The molecule has 6 nitrogen and oxygen atoms in total. The van der Waals surface area contributed by atoms with Gasteiger partial charge in [-0.15, -0.1) is 4.73 Å². The average molecular weight is 205 g/mol. The molecule has 0 unspecified atom stereocenters. The Hall–Kier alpha value is -1.69. The highest BCUT2D eigenvalue weighted by Gasteiger charge is 2.12. The number of carbonyl (C=O) groups excluding carboxylic acids is 1. The second-order valence-corrected chi connectivity index (χ2v) is 3.05. The second kappa shape index (κ2) is 4.01. The normalized spacial score (nSPS) is 10.5. The molecule has 0 aliphatic carbocycles. The zero-order valence-corrected chi connectivity index (χ0v) is 7.97. The molecule has 0 aliphatic rings. The van der Waals surface area contributed by atoms with E-state index >= 15 is 0 Å². The minimum Gasteiger partial charge on any atom is -0.492 e. The van der Waals surface area contributed by atoms with E-state index in [9.17, 15) is 4.79 Å². The van der Waals surface area contributed by atoms with Crippen molar-refractivity contribution in [3.05, 3.63) is 12.1 Å². The molecular weight excluding hydrogens is 193 g/mol. The third kappa shape index (κ3) is 2.40. The molecule has 0 saturated heterocycles. The summed E-state index contributed by atoms with van der Waals surface area (Å²) in [6.07, 6.45) is 0. The van der Waals surface area contributed by atoms with E-state index in [1.54, 1.807) is 19.0 Å². The molecule has 0 aliphatic heterocycles. The monoisotopic (exact) mass is 205 g/mol. The van der Waals surface area contributed by atoms with Gasteiger partial charge in [0.05, 0.1) is 6.54 Å². The van der Waals surface area contributed by atoms with Crippen molar-refractivity contribution in [3.8, 4) is 11.8 Å². The molecule has 1 heterocycles. The van der Waals surface area contributed by atoms with Gasteiger partial charge in [-0.3, -0.25) is 4.90 Å². The number of aromatic hydroxyl groups is 2. The van der Waals surface area contributed by atoms with Crippen LogP contribution in [0.2, 0.25) is 0 Å². The van der Waals surface area contributed by atoms with Gasteiger partial charge in [0, 0.05) is 12.1 Å². The maximum absolute atomic E-state index is 11.1. The third-order valence-electron chi connectivity index (χ3n) is 1.44. The Bertz CT molecular complexity index is 313. The van der Waals surface area contributed by atoms with Crippen molar-refractivity contribution in [2.75, 3.05) is 20.6 Å². The Labute approximate surface area is 80.9 Å². The van der Waals surface area contributed by atoms with Crippen LogP contribution in [0.4, 0.5) is 0 Å². The summed E-state index contributed by atoms with van der Waals surface area (Å²) < 4.78 is 0.659. The standard InChI is InChI=1S/C8H12N2O4/c1-9(2)5-8(13)14-10-6(11)3-4-7(10)12/h3-4,11-12H,5H2,1-2H3/i1+1,2+1,5+1,8+1,9+1. The van der Waals surface area contributed by atoms with Gasteiger partial charge in [0.25, 0.3) is 0 Å². The molecule has 0 aromatic carbocycles. The van der Waals surface area contributed by atoms with E-state index in [4.69, 9.17) is 10.2 Å². The topological polar surface area (TPSA) is 74.9 Å². The van der Waals surface area contributed by atoms with Gasteiger partial charge in [0.1, 0.15) is 0 Å². The Balaban J connectivity index is 2.64. The molecule has 6 heteroatoms. The van der Waals surface area contributed by atoms with Crippen molar-refractivity contribution in [3.63, 3.8) is 0 Å². The lowest BCUT2D eigenvalue weighted by atomic mass is 10.6. The first-order valence-electron chi connectivity index (χ1n) is 3.96. The van der Waals surface area contributed by atoms with Crippen LogP contribution in [0.3, 0.4) is 0 Å². The Kier molecular flexibility index (Phi) is 2.98. The van der Waals surface area contributed by atoms with Crippen LogP contribution in [0, 0.1) is 0 Å². The molecule has 0 atom stereocenters. The average Bonchev–Trinajstić information content (AvgIpc) is 2.34. The van der Waals surface area contributed by atoms with Gasteiger partial charge in [0.15, 0.2) is 0 Å². The number of carbonyl (C=O) groups is 1.